The van der Waals surface area contributed by atoms with Crippen LogP contribution in [0.5, 0.6) is 0 Å². The summed E-state index contributed by atoms with van der Waals surface area (Å²) < 4.78 is 1.14. The first-order chi connectivity index (χ1) is 14.5. The molecule has 146 valence electrons. The Bertz CT molecular complexity index is 1290. The van der Waals surface area contributed by atoms with Crippen LogP contribution >= 0.6 is 15.9 Å². The Hall–Kier alpha value is -2.64. The summed E-state index contributed by atoms with van der Waals surface area (Å²) in [6, 6.07) is 27.9. The standard InChI is InChI=1S/C29H23Br/c1-4-19-7-11-23-21-9-5-17(2)13-25(21)29(27(23)15-19)26-14-18(3)6-10-22(26)24-12-8-20(30)16-28(24)29/h5-16H,4H2,1-3H3. The molecule has 0 nitrogen and oxygen atoms in total. The van der Waals surface area contributed by atoms with Crippen molar-refractivity contribution in [2.45, 2.75) is 32.6 Å². The molecule has 2 aliphatic rings. The molecule has 0 amide bonds. The van der Waals surface area contributed by atoms with Gasteiger partial charge in [0.05, 0.1) is 5.41 Å². The molecule has 0 saturated heterocycles. The van der Waals surface area contributed by atoms with Gasteiger partial charge in [0.1, 0.15) is 0 Å². The molecule has 1 atom stereocenters. The Balaban J connectivity index is 1.86. The monoisotopic (exact) mass is 450 g/mol. The lowest BCUT2D eigenvalue weighted by atomic mass is 9.70. The van der Waals surface area contributed by atoms with Crippen molar-refractivity contribution in [1.82, 2.24) is 0 Å². The number of hydrogen-bond donors (Lipinski definition) is 0. The van der Waals surface area contributed by atoms with Gasteiger partial charge in [0.2, 0.25) is 0 Å². The summed E-state index contributed by atoms with van der Waals surface area (Å²) >= 11 is 3.78. The van der Waals surface area contributed by atoms with Crippen LogP contribution in [-0.4, -0.2) is 0 Å². The molecule has 1 unspecified atom stereocenters. The summed E-state index contributed by atoms with van der Waals surface area (Å²) in [5.74, 6) is 0. The fourth-order valence-electron chi connectivity index (χ4n) is 5.69. The third-order valence-corrected chi connectivity index (χ3v) is 7.51. The van der Waals surface area contributed by atoms with Crippen LogP contribution in [0.15, 0.2) is 77.3 Å². The zero-order valence-corrected chi connectivity index (χ0v) is 19.1. The maximum Gasteiger partial charge on any atom is 0.0726 e. The van der Waals surface area contributed by atoms with Crippen LogP contribution in [0.1, 0.15) is 45.9 Å². The van der Waals surface area contributed by atoms with E-state index in [1.54, 1.807) is 0 Å². The third-order valence-electron chi connectivity index (χ3n) is 7.02. The van der Waals surface area contributed by atoms with Crippen molar-refractivity contribution in [3.8, 4) is 22.3 Å². The van der Waals surface area contributed by atoms with Crippen LogP contribution in [0.4, 0.5) is 0 Å². The van der Waals surface area contributed by atoms with Crippen LogP contribution < -0.4 is 0 Å². The molecule has 0 N–H and O–H groups in total. The topological polar surface area (TPSA) is 0 Å². The Kier molecular flexibility index (Phi) is 3.74. The van der Waals surface area contributed by atoms with Crippen molar-refractivity contribution in [1.29, 1.82) is 0 Å². The molecule has 1 spiro atoms. The maximum absolute atomic E-state index is 3.78. The van der Waals surface area contributed by atoms with Gasteiger partial charge in [-0.2, -0.15) is 0 Å². The van der Waals surface area contributed by atoms with Crippen LogP contribution in [0.25, 0.3) is 22.3 Å². The number of fused-ring (bicyclic) bond motifs is 10. The van der Waals surface area contributed by atoms with E-state index >= 15 is 0 Å². The van der Waals surface area contributed by atoms with Gasteiger partial charge in [-0.05, 0) is 82.5 Å². The second-order valence-corrected chi connectivity index (χ2v) is 9.69. The minimum Gasteiger partial charge on any atom is -0.0613 e. The van der Waals surface area contributed by atoms with Gasteiger partial charge in [0.15, 0.2) is 0 Å². The summed E-state index contributed by atoms with van der Waals surface area (Å²) in [7, 11) is 0. The average Bonchev–Trinajstić information content (AvgIpc) is 3.18. The predicted octanol–water partition coefficient (Wildman–Crippen LogP) is 7.97. The van der Waals surface area contributed by atoms with E-state index < -0.39 is 0 Å². The van der Waals surface area contributed by atoms with Gasteiger partial charge < -0.3 is 0 Å². The SMILES string of the molecule is CCc1ccc2c(c1)C1(c3cc(C)ccc3-c3ccc(Br)cc31)c1cc(C)ccc1-2. The Morgan fingerprint density at radius 3 is 1.63 bits per heavy atom. The maximum atomic E-state index is 3.78. The van der Waals surface area contributed by atoms with E-state index in [-0.39, 0.29) is 5.41 Å². The van der Waals surface area contributed by atoms with E-state index in [4.69, 9.17) is 0 Å². The number of rotatable bonds is 1. The molecule has 1 heteroatoms. The van der Waals surface area contributed by atoms with Crippen LogP contribution in [0.2, 0.25) is 0 Å². The molecule has 0 bridgehead atoms. The minimum atomic E-state index is -0.248. The summed E-state index contributed by atoms with van der Waals surface area (Å²) in [6.45, 7) is 6.67. The van der Waals surface area contributed by atoms with Crippen molar-refractivity contribution in [3.63, 3.8) is 0 Å². The molecule has 0 fully saturated rings. The summed E-state index contributed by atoms with van der Waals surface area (Å²) in [4.78, 5) is 0. The van der Waals surface area contributed by atoms with Crippen molar-refractivity contribution in [2.75, 3.05) is 0 Å². The molecule has 0 saturated carbocycles. The molecule has 0 aliphatic heterocycles. The van der Waals surface area contributed by atoms with Crippen LogP contribution in [0, 0.1) is 13.8 Å². The quantitative estimate of drug-likeness (QED) is 0.238. The number of hydrogen-bond acceptors (Lipinski definition) is 0. The Morgan fingerprint density at radius 2 is 1.07 bits per heavy atom. The minimum absolute atomic E-state index is 0.248. The van der Waals surface area contributed by atoms with Gasteiger partial charge in [0.25, 0.3) is 0 Å². The van der Waals surface area contributed by atoms with Crippen molar-refractivity contribution >= 4 is 15.9 Å². The zero-order valence-electron chi connectivity index (χ0n) is 17.5. The lowest BCUT2D eigenvalue weighted by molar-refractivity contribution is 0.788. The van der Waals surface area contributed by atoms with Gasteiger partial charge in [-0.25, -0.2) is 0 Å². The Labute approximate surface area is 186 Å². The highest BCUT2D eigenvalue weighted by Gasteiger charge is 2.51. The average molecular weight is 451 g/mol. The second kappa shape index (κ2) is 6.18. The molecule has 0 aromatic heterocycles. The van der Waals surface area contributed by atoms with Crippen LogP contribution in [0.3, 0.4) is 0 Å². The highest BCUT2D eigenvalue weighted by molar-refractivity contribution is 9.10. The number of benzene rings is 4. The van der Waals surface area contributed by atoms with Gasteiger partial charge in [-0.3, -0.25) is 0 Å². The first-order valence-electron chi connectivity index (χ1n) is 10.7. The highest BCUT2D eigenvalue weighted by Crippen LogP contribution is 2.63. The van der Waals surface area contributed by atoms with E-state index in [1.807, 2.05) is 0 Å². The molecule has 6 rings (SSSR count). The molecule has 4 aromatic rings. The smallest absolute Gasteiger partial charge is 0.0613 e. The fraction of sp³-hybridized carbons (Fsp3) is 0.172. The lowest BCUT2D eigenvalue weighted by Crippen LogP contribution is -2.26. The molecule has 30 heavy (non-hydrogen) atoms. The summed E-state index contributed by atoms with van der Waals surface area (Å²) in [5.41, 5.74) is 14.9. The van der Waals surface area contributed by atoms with E-state index in [9.17, 15) is 0 Å². The number of aryl methyl sites for hydroxylation is 3. The first-order valence-corrected chi connectivity index (χ1v) is 11.5. The zero-order chi connectivity index (χ0) is 20.6. The van der Waals surface area contributed by atoms with Gasteiger partial charge >= 0.3 is 0 Å². The van der Waals surface area contributed by atoms with E-state index in [2.05, 4.69) is 109 Å². The van der Waals surface area contributed by atoms with E-state index in [1.165, 1.54) is 61.2 Å². The van der Waals surface area contributed by atoms with Crippen molar-refractivity contribution in [3.05, 3.63) is 116 Å². The Morgan fingerprint density at radius 1 is 0.600 bits per heavy atom. The molecular weight excluding hydrogens is 428 g/mol. The largest absolute Gasteiger partial charge is 0.0726 e. The molecule has 4 aromatic carbocycles. The summed E-state index contributed by atoms with van der Waals surface area (Å²) in [5, 5.41) is 0. The molecule has 0 radical (unpaired) electrons. The fourth-order valence-corrected chi connectivity index (χ4v) is 6.06. The number of halogens is 1. The van der Waals surface area contributed by atoms with Crippen LogP contribution in [-0.2, 0) is 11.8 Å². The van der Waals surface area contributed by atoms with Crippen molar-refractivity contribution < 1.29 is 0 Å². The molecule has 0 heterocycles. The lowest BCUT2D eigenvalue weighted by Gasteiger charge is -2.31. The van der Waals surface area contributed by atoms with E-state index in [0.717, 1.165) is 10.9 Å². The third kappa shape index (κ3) is 2.17. The highest BCUT2D eigenvalue weighted by atomic mass is 79.9. The molecule has 2 aliphatic carbocycles. The second-order valence-electron chi connectivity index (χ2n) is 8.77. The van der Waals surface area contributed by atoms with Gasteiger partial charge in [-0.15, -0.1) is 0 Å². The molecular formula is C29H23Br. The summed E-state index contributed by atoms with van der Waals surface area (Å²) in [6.07, 6.45) is 1.05. The first kappa shape index (κ1) is 18.2. The van der Waals surface area contributed by atoms with Gasteiger partial charge in [-0.1, -0.05) is 94.6 Å². The van der Waals surface area contributed by atoms with Crippen molar-refractivity contribution in [2.24, 2.45) is 0 Å². The normalized spacial score (nSPS) is 17.6. The van der Waals surface area contributed by atoms with Gasteiger partial charge in [0, 0.05) is 4.47 Å². The predicted molar refractivity (Wildman–Crippen MR) is 129 cm³/mol. The van der Waals surface area contributed by atoms with E-state index in [0.29, 0.717) is 0 Å².